The second-order valence-corrected chi connectivity index (χ2v) is 9.05. The Morgan fingerprint density at radius 1 is 1.10 bits per heavy atom. The molecule has 1 fully saturated rings. The Bertz CT molecular complexity index is 866. The summed E-state index contributed by atoms with van der Waals surface area (Å²) in [5.41, 5.74) is 2.69. The molecule has 29 heavy (non-hydrogen) atoms. The molecular formula is C23H29N3O2S. The molecule has 0 N–H and O–H groups in total. The number of fused-ring (bicyclic) bond motifs is 1. The van der Waals surface area contributed by atoms with Crippen molar-refractivity contribution < 1.29 is 9.59 Å². The lowest BCUT2D eigenvalue weighted by Gasteiger charge is -2.40. The minimum Gasteiger partial charge on any atom is -0.339 e. The van der Waals surface area contributed by atoms with Crippen LogP contribution in [0.3, 0.4) is 0 Å². The molecule has 2 atom stereocenters. The molecule has 1 saturated heterocycles. The van der Waals surface area contributed by atoms with Crippen LogP contribution in [0.4, 0.5) is 0 Å². The Labute approximate surface area is 176 Å². The number of hydrogen-bond acceptors (Lipinski definition) is 4. The van der Waals surface area contributed by atoms with Crippen LogP contribution in [-0.2, 0) is 16.0 Å². The van der Waals surface area contributed by atoms with E-state index in [1.807, 2.05) is 28.1 Å². The number of rotatable bonds is 4. The Morgan fingerprint density at radius 2 is 1.90 bits per heavy atom. The molecule has 0 bridgehead atoms. The van der Waals surface area contributed by atoms with Gasteiger partial charge in [0.05, 0.1) is 6.04 Å². The van der Waals surface area contributed by atoms with Crippen LogP contribution in [0.2, 0.25) is 0 Å². The Morgan fingerprint density at radius 3 is 2.62 bits per heavy atom. The minimum atomic E-state index is 0.0885. The molecule has 3 heterocycles. The molecule has 0 saturated carbocycles. The topological polar surface area (TPSA) is 43.9 Å². The molecule has 6 heteroatoms. The maximum Gasteiger partial charge on any atom is 0.223 e. The molecule has 0 spiro atoms. The van der Waals surface area contributed by atoms with Crippen LogP contribution >= 0.6 is 11.3 Å². The standard InChI is InChI=1S/C23H29N3O2S/c1-17-16-25(13-14-26(17)18(2)27)22(28)9-12-24-11-8-21-20(10-15-29-21)23(24)19-6-4-3-5-7-19/h3-7,10,15,17,23H,8-9,11-14,16H2,1-2H3. The quantitative estimate of drug-likeness (QED) is 0.776. The van der Waals surface area contributed by atoms with Gasteiger partial charge in [0.25, 0.3) is 0 Å². The first kappa shape index (κ1) is 20.1. The third-order valence-electron chi connectivity index (χ3n) is 6.18. The van der Waals surface area contributed by atoms with Crippen molar-refractivity contribution in [1.29, 1.82) is 0 Å². The summed E-state index contributed by atoms with van der Waals surface area (Å²) in [5, 5.41) is 2.19. The largest absolute Gasteiger partial charge is 0.339 e. The summed E-state index contributed by atoms with van der Waals surface area (Å²) < 4.78 is 0. The normalized spacial score (nSPS) is 22.4. The fraction of sp³-hybridized carbons (Fsp3) is 0.478. The van der Waals surface area contributed by atoms with Crippen molar-refractivity contribution in [1.82, 2.24) is 14.7 Å². The van der Waals surface area contributed by atoms with Gasteiger partial charge in [0, 0.05) is 57.0 Å². The molecule has 5 nitrogen and oxygen atoms in total. The van der Waals surface area contributed by atoms with Crippen LogP contribution in [0.1, 0.15) is 42.3 Å². The molecule has 2 unspecified atom stereocenters. The van der Waals surface area contributed by atoms with Crippen molar-refractivity contribution in [3.05, 3.63) is 57.8 Å². The van der Waals surface area contributed by atoms with E-state index < -0.39 is 0 Å². The number of nitrogens with zero attached hydrogens (tertiary/aromatic N) is 3. The highest BCUT2D eigenvalue weighted by Gasteiger charge is 2.31. The van der Waals surface area contributed by atoms with E-state index in [-0.39, 0.29) is 23.9 Å². The Kier molecular flexibility index (Phi) is 6.01. The van der Waals surface area contributed by atoms with E-state index in [1.54, 1.807) is 6.92 Å². The van der Waals surface area contributed by atoms with Crippen LogP contribution < -0.4 is 0 Å². The van der Waals surface area contributed by atoms with Gasteiger partial charge in [0.1, 0.15) is 0 Å². The zero-order chi connectivity index (χ0) is 20.4. The molecule has 1 aromatic heterocycles. The van der Waals surface area contributed by atoms with Gasteiger partial charge in [-0.25, -0.2) is 0 Å². The number of piperazine rings is 1. The summed E-state index contributed by atoms with van der Waals surface area (Å²) >= 11 is 1.84. The van der Waals surface area contributed by atoms with Crippen LogP contribution in [0.25, 0.3) is 0 Å². The SMILES string of the molecule is CC(=O)N1CCN(C(=O)CCN2CCc3sccc3C2c2ccccc2)CC1C. The summed E-state index contributed by atoms with van der Waals surface area (Å²) in [7, 11) is 0. The van der Waals surface area contributed by atoms with Gasteiger partial charge < -0.3 is 9.80 Å². The predicted octanol–water partition coefficient (Wildman–Crippen LogP) is 3.16. The second-order valence-electron chi connectivity index (χ2n) is 8.05. The molecule has 2 aromatic rings. The average molecular weight is 412 g/mol. The highest BCUT2D eigenvalue weighted by atomic mass is 32.1. The first-order chi connectivity index (χ1) is 14.0. The van der Waals surface area contributed by atoms with E-state index in [1.165, 1.54) is 16.0 Å². The number of amides is 2. The maximum atomic E-state index is 12.9. The molecule has 2 amide bonds. The van der Waals surface area contributed by atoms with Crippen LogP contribution in [0.15, 0.2) is 41.8 Å². The number of carbonyl (C=O) groups is 2. The molecule has 0 aliphatic carbocycles. The van der Waals surface area contributed by atoms with Crippen molar-refractivity contribution in [2.75, 3.05) is 32.7 Å². The van der Waals surface area contributed by atoms with Gasteiger partial charge in [-0.15, -0.1) is 11.3 Å². The van der Waals surface area contributed by atoms with E-state index in [2.05, 4.69) is 46.7 Å². The third-order valence-corrected chi connectivity index (χ3v) is 7.18. The van der Waals surface area contributed by atoms with Gasteiger partial charge in [-0.05, 0) is 35.9 Å². The first-order valence-corrected chi connectivity index (χ1v) is 11.3. The summed E-state index contributed by atoms with van der Waals surface area (Å²) in [4.78, 5) is 32.3. The summed E-state index contributed by atoms with van der Waals surface area (Å²) in [6.07, 6.45) is 1.58. The van der Waals surface area contributed by atoms with Gasteiger partial charge in [-0.3, -0.25) is 14.5 Å². The van der Waals surface area contributed by atoms with Gasteiger partial charge in [0.2, 0.25) is 11.8 Å². The molecular weight excluding hydrogens is 382 g/mol. The molecule has 154 valence electrons. The van der Waals surface area contributed by atoms with E-state index >= 15 is 0 Å². The van der Waals surface area contributed by atoms with Crippen molar-refractivity contribution >= 4 is 23.2 Å². The Balaban J connectivity index is 1.42. The number of carbonyl (C=O) groups excluding carboxylic acids is 2. The van der Waals surface area contributed by atoms with Crippen LogP contribution in [0.5, 0.6) is 0 Å². The Hall–Kier alpha value is -2.18. The van der Waals surface area contributed by atoms with Gasteiger partial charge in [0.15, 0.2) is 0 Å². The van der Waals surface area contributed by atoms with Gasteiger partial charge in [-0.1, -0.05) is 30.3 Å². The molecule has 4 rings (SSSR count). The molecule has 0 radical (unpaired) electrons. The fourth-order valence-corrected chi connectivity index (χ4v) is 5.59. The number of thiophene rings is 1. The van der Waals surface area contributed by atoms with Gasteiger partial charge >= 0.3 is 0 Å². The highest BCUT2D eigenvalue weighted by Crippen LogP contribution is 2.37. The van der Waals surface area contributed by atoms with E-state index in [4.69, 9.17) is 0 Å². The van der Waals surface area contributed by atoms with E-state index in [0.29, 0.717) is 26.1 Å². The molecule has 1 aromatic carbocycles. The average Bonchev–Trinajstić information content (AvgIpc) is 3.20. The van der Waals surface area contributed by atoms with E-state index in [0.717, 1.165) is 19.5 Å². The van der Waals surface area contributed by atoms with E-state index in [9.17, 15) is 9.59 Å². The lowest BCUT2D eigenvalue weighted by molar-refractivity contribution is -0.141. The smallest absolute Gasteiger partial charge is 0.223 e. The van der Waals surface area contributed by atoms with Crippen molar-refractivity contribution in [3.8, 4) is 0 Å². The van der Waals surface area contributed by atoms with Crippen molar-refractivity contribution in [2.45, 2.75) is 38.8 Å². The minimum absolute atomic E-state index is 0.0885. The zero-order valence-corrected chi connectivity index (χ0v) is 18.0. The first-order valence-electron chi connectivity index (χ1n) is 10.4. The van der Waals surface area contributed by atoms with Crippen LogP contribution in [-0.4, -0.2) is 65.3 Å². The van der Waals surface area contributed by atoms with Crippen LogP contribution in [0, 0.1) is 0 Å². The molecule has 2 aliphatic rings. The predicted molar refractivity (Wildman–Crippen MR) is 116 cm³/mol. The number of benzene rings is 1. The second kappa shape index (κ2) is 8.67. The maximum absolute atomic E-state index is 12.9. The monoisotopic (exact) mass is 411 g/mol. The number of hydrogen-bond donors (Lipinski definition) is 0. The summed E-state index contributed by atoms with van der Waals surface area (Å²) in [6.45, 7) is 7.28. The zero-order valence-electron chi connectivity index (χ0n) is 17.2. The molecule has 2 aliphatic heterocycles. The summed E-state index contributed by atoms with van der Waals surface area (Å²) in [5.74, 6) is 0.290. The lowest BCUT2D eigenvalue weighted by Crippen LogP contribution is -2.55. The van der Waals surface area contributed by atoms with Crippen molar-refractivity contribution in [3.63, 3.8) is 0 Å². The third kappa shape index (κ3) is 4.23. The highest BCUT2D eigenvalue weighted by molar-refractivity contribution is 7.10. The summed E-state index contributed by atoms with van der Waals surface area (Å²) in [6, 6.07) is 13.2. The van der Waals surface area contributed by atoms with Crippen molar-refractivity contribution in [2.24, 2.45) is 0 Å². The lowest BCUT2D eigenvalue weighted by atomic mass is 9.93. The fourth-order valence-electron chi connectivity index (χ4n) is 4.68. The van der Waals surface area contributed by atoms with Gasteiger partial charge in [-0.2, -0.15) is 0 Å².